The summed E-state index contributed by atoms with van der Waals surface area (Å²) in [5, 5.41) is 0.513. The molecule has 0 spiro atoms. The highest BCUT2D eigenvalue weighted by atomic mass is 32.1. The Morgan fingerprint density at radius 3 is 2.71 bits per heavy atom. The second-order valence-electron chi connectivity index (χ2n) is 2.58. The molecule has 70 valence electrons. The van der Waals surface area contributed by atoms with Gasteiger partial charge in [-0.25, -0.2) is 9.78 Å². The molecule has 0 radical (unpaired) electrons. The molecule has 0 saturated heterocycles. The lowest BCUT2D eigenvalue weighted by Gasteiger charge is -1.99. The highest BCUT2D eigenvalue weighted by Crippen LogP contribution is 2.17. The molecule has 0 aliphatic carbocycles. The van der Waals surface area contributed by atoms with Crippen LogP contribution < -0.4 is 4.74 Å². The van der Waals surface area contributed by atoms with Crippen LogP contribution in [0.1, 0.15) is 10.4 Å². The maximum atomic E-state index is 11.5. The summed E-state index contributed by atoms with van der Waals surface area (Å²) in [6.07, 6.45) is 1.52. The zero-order valence-corrected chi connectivity index (χ0v) is 8.03. The number of esters is 1. The minimum Gasteiger partial charge on any atom is -0.410 e. The predicted molar refractivity (Wildman–Crippen MR) is 53.5 cm³/mol. The van der Waals surface area contributed by atoms with Crippen LogP contribution in [0.15, 0.2) is 42.0 Å². The van der Waals surface area contributed by atoms with Crippen LogP contribution in [0.25, 0.3) is 0 Å². The Morgan fingerprint density at radius 2 is 2.07 bits per heavy atom. The zero-order chi connectivity index (χ0) is 9.80. The van der Waals surface area contributed by atoms with E-state index in [2.05, 4.69) is 4.98 Å². The van der Waals surface area contributed by atoms with Crippen molar-refractivity contribution in [3.05, 3.63) is 47.6 Å². The minimum atomic E-state index is -0.352. The number of hydrogen-bond donors (Lipinski definition) is 0. The summed E-state index contributed by atoms with van der Waals surface area (Å²) < 4.78 is 5.06. The molecule has 0 bridgehead atoms. The molecule has 0 unspecified atom stereocenters. The zero-order valence-electron chi connectivity index (χ0n) is 7.21. The van der Waals surface area contributed by atoms with Crippen molar-refractivity contribution in [2.45, 2.75) is 0 Å². The van der Waals surface area contributed by atoms with Crippen LogP contribution >= 0.6 is 11.3 Å². The Morgan fingerprint density at radius 1 is 1.29 bits per heavy atom. The van der Waals surface area contributed by atoms with Crippen molar-refractivity contribution < 1.29 is 9.53 Å². The third kappa shape index (κ3) is 1.97. The van der Waals surface area contributed by atoms with Gasteiger partial charge >= 0.3 is 5.97 Å². The lowest BCUT2D eigenvalue weighted by Crippen LogP contribution is -2.06. The second-order valence-corrected chi connectivity index (χ2v) is 3.42. The van der Waals surface area contributed by atoms with Gasteiger partial charge in [0.15, 0.2) is 0 Å². The van der Waals surface area contributed by atoms with E-state index < -0.39 is 0 Å². The fourth-order valence-corrected chi connectivity index (χ4v) is 1.45. The Labute approximate surface area is 85.0 Å². The highest BCUT2D eigenvalue weighted by molar-refractivity contribution is 7.11. The number of nitrogens with zero attached hydrogens (tertiary/aromatic N) is 1. The molecule has 0 N–H and O–H groups in total. The maximum absolute atomic E-state index is 11.5. The minimum absolute atomic E-state index is 0.352. The number of benzene rings is 1. The van der Waals surface area contributed by atoms with Gasteiger partial charge in [-0.2, -0.15) is 0 Å². The molecule has 0 fully saturated rings. The first kappa shape index (κ1) is 8.90. The smallest absolute Gasteiger partial charge is 0.344 e. The van der Waals surface area contributed by atoms with Gasteiger partial charge in [-0.05, 0) is 12.1 Å². The fourth-order valence-electron chi connectivity index (χ4n) is 0.979. The first-order valence-electron chi connectivity index (χ1n) is 4.02. The molecule has 2 aromatic rings. The van der Waals surface area contributed by atoms with E-state index in [1.165, 1.54) is 17.5 Å². The molecule has 0 aliphatic heterocycles. The number of aromatic nitrogens is 1. The Balaban J connectivity index is 2.11. The molecule has 0 saturated carbocycles. The Bertz CT molecular complexity index is 411. The van der Waals surface area contributed by atoms with E-state index in [1.54, 1.807) is 29.8 Å². The summed E-state index contributed by atoms with van der Waals surface area (Å²) in [6.45, 7) is 0. The van der Waals surface area contributed by atoms with E-state index in [1.807, 2.05) is 6.07 Å². The first-order chi connectivity index (χ1) is 6.86. The van der Waals surface area contributed by atoms with Gasteiger partial charge in [0.25, 0.3) is 0 Å². The van der Waals surface area contributed by atoms with E-state index in [0.29, 0.717) is 10.6 Å². The van der Waals surface area contributed by atoms with Gasteiger partial charge in [0.05, 0.1) is 17.3 Å². The number of carbonyl (C=O) groups excluding carboxylic acids is 1. The van der Waals surface area contributed by atoms with Gasteiger partial charge in [-0.15, -0.1) is 0 Å². The topological polar surface area (TPSA) is 39.2 Å². The summed E-state index contributed by atoms with van der Waals surface area (Å²) in [5.41, 5.74) is 2.16. The molecular weight excluding hydrogens is 198 g/mol. The van der Waals surface area contributed by atoms with Gasteiger partial charge in [0, 0.05) is 0 Å². The van der Waals surface area contributed by atoms with E-state index in [9.17, 15) is 4.79 Å². The molecule has 2 rings (SSSR count). The average molecular weight is 205 g/mol. The summed E-state index contributed by atoms with van der Waals surface area (Å²) in [4.78, 5) is 15.3. The van der Waals surface area contributed by atoms with E-state index in [0.717, 1.165) is 0 Å². The summed E-state index contributed by atoms with van der Waals surface area (Å²) >= 11 is 1.29. The SMILES string of the molecule is O=C(Oc1cncs1)c1ccccc1. The lowest BCUT2D eigenvalue weighted by atomic mass is 10.2. The number of ether oxygens (including phenoxy) is 1. The predicted octanol–water partition coefficient (Wildman–Crippen LogP) is 2.36. The monoisotopic (exact) mass is 205 g/mol. The van der Waals surface area contributed by atoms with Gasteiger partial charge in [0.1, 0.15) is 0 Å². The van der Waals surface area contributed by atoms with Crippen LogP contribution in [-0.2, 0) is 0 Å². The van der Waals surface area contributed by atoms with Crippen LogP contribution in [0.4, 0.5) is 0 Å². The molecular formula is C10H7NO2S. The normalized spacial score (nSPS) is 9.71. The number of thiazole rings is 1. The van der Waals surface area contributed by atoms with E-state index in [4.69, 9.17) is 4.74 Å². The van der Waals surface area contributed by atoms with E-state index >= 15 is 0 Å². The number of hydrogen-bond acceptors (Lipinski definition) is 4. The molecule has 1 aromatic carbocycles. The lowest BCUT2D eigenvalue weighted by molar-refractivity contribution is 0.0740. The van der Waals surface area contributed by atoms with Crippen LogP contribution in [0.2, 0.25) is 0 Å². The molecule has 1 aromatic heterocycles. The van der Waals surface area contributed by atoms with Crippen molar-refractivity contribution >= 4 is 17.3 Å². The molecule has 0 atom stereocenters. The average Bonchev–Trinajstić information content (AvgIpc) is 2.72. The van der Waals surface area contributed by atoms with Gasteiger partial charge in [-0.1, -0.05) is 29.5 Å². The third-order valence-electron chi connectivity index (χ3n) is 1.61. The van der Waals surface area contributed by atoms with E-state index in [-0.39, 0.29) is 5.97 Å². The van der Waals surface area contributed by atoms with Crippen molar-refractivity contribution in [1.82, 2.24) is 4.98 Å². The standard InChI is InChI=1S/C10H7NO2S/c12-10(8-4-2-1-3-5-8)13-9-6-11-7-14-9/h1-7H. The molecule has 1 heterocycles. The fraction of sp³-hybridized carbons (Fsp3) is 0. The Hall–Kier alpha value is -1.68. The molecule has 3 nitrogen and oxygen atoms in total. The van der Waals surface area contributed by atoms with Gasteiger partial charge < -0.3 is 4.74 Å². The van der Waals surface area contributed by atoms with Crippen molar-refractivity contribution in [2.24, 2.45) is 0 Å². The second kappa shape index (κ2) is 4.02. The molecule has 0 amide bonds. The third-order valence-corrected chi connectivity index (χ3v) is 2.26. The van der Waals surface area contributed by atoms with Crippen LogP contribution in [-0.4, -0.2) is 11.0 Å². The summed E-state index contributed by atoms with van der Waals surface area (Å²) in [5.74, 6) is -0.352. The van der Waals surface area contributed by atoms with Crippen LogP contribution in [0.3, 0.4) is 0 Å². The molecule has 0 aliphatic rings. The molecule has 14 heavy (non-hydrogen) atoms. The van der Waals surface area contributed by atoms with Crippen LogP contribution in [0.5, 0.6) is 5.06 Å². The van der Waals surface area contributed by atoms with Crippen molar-refractivity contribution in [2.75, 3.05) is 0 Å². The maximum Gasteiger partial charge on any atom is 0.344 e. The van der Waals surface area contributed by atoms with Gasteiger partial charge in [0.2, 0.25) is 5.06 Å². The number of carbonyl (C=O) groups is 1. The summed E-state index contributed by atoms with van der Waals surface area (Å²) in [7, 11) is 0. The first-order valence-corrected chi connectivity index (χ1v) is 4.90. The Kier molecular flexibility index (Phi) is 2.55. The largest absolute Gasteiger partial charge is 0.410 e. The summed E-state index contributed by atoms with van der Waals surface area (Å²) in [6, 6.07) is 8.86. The number of rotatable bonds is 2. The molecule has 4 heteroatoms. The quantitative estimate of drug-likeness (QED) is 0.706. The highest BCUT2D eigenvalue weighted by Gasteiger charge is 2.07. The van der Waals surface area contributed by atoms with Crippen molar-refractivity contribution in [1.29, 1.82) is 0 Å². The van der Waals surface area contributed by atoms with Crippen LogP contribution in [0, 0.1) is 0 Å². The van der Waals surface area contributed by atoms with Gasteiger partial charge in [-0.3, -0.25) is 0 Å². The van der Waals surface area contributed by atoms with Crippen molar-refractivity contribution in [3.63, 3.8) is 0 Å². The van der Waals surface area contributed by atoms with Crippen molar-refractivity contribution in [3.8, 4) is 5.06 Å².